The van der Waals surface area contributed by atoms with Gasteiger partial charge in [0.1, 0.15) is 11.3 Å². The van der Waals surface area contributed by atoms with E-state index in [0.29, 0.717) is 0 Å². The molecular formula is C20H20N2O6. The Balaban J connectivity index is 1.76. The summed E-state index contributed by atoms with van der Waals surface area (Å²) in [6, 6.07) is 11.2. The van der Waals surface area contributed by atoms with Gasteiger partial charge in [-0.25, -0.2) is 4.79 Å². The standard InChI is InChI=1S/C20H20N2O6/c1-13-7-8-14-5-3-4-6-17(14)21(13)19(23)12-28-20(24)16-11-15(22(25)26)9-10-18(16)27-2/h3-6,9-11,13H,7-8,12H2,1-2H3. The number of hydrogen-bond acceptors (Lipinski definition) is 6. The maximum Gasteiger partial charge on any atom is 0.342 e. The van der Waals surface area contributed by atoms with Gasteiger partial charge in [0.25, 0.3) is 11.6 Å². The number of ether oxygens (including phenoxy) is 2. The van der Waals surface area contributed by atoms with Crippen LogP contribution in [0.3, 0.4) is 0 Å². The van der Waals surface area contributed by atoms with E-state index >= 15 is 0 Å². The summed E-state index contributed by atoms with van der Waals surface area (Å²) in [7, 11) is 1.34. The molecule has 2 aromatic carbocycles. The summed E-state index contributed by atoms with van der Waals surface area (Å²) < 4.78 is 10.2. The van der Waals surface area contributed by atoms with E-state index in [0.717, 1.165) is 30.2 Å². The summed E-state index contributed by atoms with van der Waals surface area (Å²) in [6.45, 7) is 1.47. The monoisotopic (exact) mass is 384 g/mol. The summed E-state index contributed by atoms with van der Waals surface area (Å²) in [5.74, 6) is -1.07. The number of anilines is 1. The molecule has 0 N–H and O–H groups in total. The van der Waals surface area contributed by atoms with Crippen LogP contribution >= 0.6 is 0 Å². The summed E-state index contributed by atoms with van der Waals surface area (Å²) in [5.41, 5.74) is 1.52. The number of non-ortho nitro benzene ring substituents is 1. The van der Waals surface area contributed by atoms with E-state index in [4.69, 9.17) is 9.47 Å². The number of esters is 1. The zero-order valence-corrected chi connectivity index (χ0v) is 15.6. The smallest absolute Gasteiger partial charge is 0.342 e. The number of fused-ring (bicyclic) bond motifs is 1. The predicted octanol–water partition coefficient (Wildman–Crippen LogP) is 3.13. The highest BCUT2D eigenvalue weighted by atomic mass is 16.6. The van der Waals surface area contributed by atoms with Crippen molar-refractivity contribution in [2.45, 2.75) is 25.8 Å². The molecule has 0 spiro atoms. The van der Waals surface area contributed by atoms with Gasteiger partial charge in [-0.2, -0.15) is 0 Å². The molecule has 8 nitrogen and oxygen atoms in total. The highest BCUT2D eigenvalue weighted by Crippen LogP contribution is 2.30. The highest BCUT2D eigenvalue weighted by Gasteiger charge is 2.29. The van der Waals surface area contributed by atoms with Gasteiger partial charge in [0.15, 0.2) is 6.61 Å². The maximum absolute atomic E-state index is 12.7. The first-order valence-electron chi connectivity index (χ1n) is 8.82. The van der Waals surface area contributed by atoms with Crippen molar-refractivity contribution >= 4 is 23.3 Å². The van der Waals surface area contributed by atoms with E-state index < -0.39 is 17.5 Å². The SMILES string of the molecule is COc1ccc([N+](=O)[O-])cc1C(=O)OCC(=O)N1c2ccccc2CCC1C. The van der Waals surface area contributed by atoms with Crippen LogP contribution in [-0.4, -0.2) is 36.6 Å². The van der Waals surface area contributed by atoms with Crippen molar-refractivity contribution in [3.8, 4) is 5.75 Å². The van der Waals surface area contributed by atoms with Gasteiger partial charge in [-0.1, -0.05) is 18.2 Å². The average Bonchev–Trinajstić information content (AvgIpc) is 2.71. The van der Waals surface area contributed by atoms with E-state index in [1.54, 1.807) is 4.90 Å². The minimum Gasteiger partial charge on any atom is -0.496 e. The fraction of sp³-hybridized carbons (Fsp3) is 0.300. The average molecular weight is 384 g/mol. The van der Waals surface area contributed by atoms with Gasteiger partial charge >= 0.3 is 5.97 Å². The number of carbonyl (C=O) groups is 2. The maximum atomic E-state index is 12.7. The molecule has 146 valence electrons. The second kappa shape index (κ2) is 8.08. The molecule has 0 fully saturated rings. The van der Waals surface area contributed by atoms with Crippen LogP contribution in [0.4, 0.5) is 11.4 Å². The third-order valence-electron chi connectivity index (χ3n) is 4.73. The van der Waals surface area contributed by atoms with E-state index in [1.807, 2.05) is 31.2 Å². The molecule has 1 aliphatic rings. The molecule has 1 unspecified atom stereocenters. The Kier molecular flexibility index (Phi) is 5.58. The number of para-hydroxylation sites is 1. The molecule has 2 aromatic rings. The lowest BCUT2D eigenvalue weighted by Gasteiger charge is -2.35. The summed E-state index contributed by atoms with van der Waals surface area (Å²) >= 11 is 0. The van der Waals surface area contributed by atoms with Crippen LogP contribution in [0.25, 0.3) is 0 Å². The third kappa shape index (κ3) is 3.80. The second-order valence-electron chi connectivity index (χ2n) is 6.50. The first-order chi connectivity index (χ1) is 13.4. The molecule has 0 saturated carbocycles. The summed E-state index contributed by atoms with van der Waals surface area (Å²) in [6.07, 6.45) is 1.70. The number of aryl methyl sites for hydroxylation is 1. The van der Waals surface area contributed by atoms with Gasteiger partial charge in [0, 0.05) is 23.9 Å². The van der Waals surface area contributed by atoms with Gasteiger partial charge in [-0.3, -0.25) is 14.9 Å². The van der Waals surface area contributed by atoms with Crippen molar-refractivity contribution in [1.29, 1.82) is 0 Å². The normalized spacial score (nSPS) is 15.5. The number of carbonyl (C=O) groups excluding carboxylic acids is 2. The third-order valence-corrected chi connectivity index (χ3v) is 4.73. The predicted molar refractivity (Wildman–Crippen MR) is 102 cm³/mol. The Labute approximate surface area is 161 Å². The number of methoxy groups -OCH3 is 1. The Morgan fingerprint density at radius 1 is 1.25 bits per heavy atom. The van der Waals surface area contributed by atoms with Gasteiger partial charge in [0.05, 0.1) is 12.0 Å². The molecule has 0 radical (unpaired) electrons. The van der Waals surface area contributed by atoms with Crippen LogP contribution in [0.1, 0.15) is 29.3 Å². The second-order valence-corrected chi connectivity index (χ2v) is 6.50. The van der Waals surface area contributed by atoms with Crippen LogP contribution in [0, 0.1) is 10.1 Å². The van der Waals surface area contributed by atoms with Crippen molar-refractivity contribution in [3.05, 3.63) is 63.7 Å². The van der Waals surface area contributed by atoms with Gasteiger partial charge < -0.3 is 14.4 Å². The lowest BCUT2D eigenvalue weighted by molar-refractivity contribution is -0.384. The van der Waals surface area contributed by atoms with Crippen molar-refractivity contribution in [2.24, 2.45) is 0 Å². The molecule has 1 aliphatic heterocycles. The number of nitro groups is 1. The van der Waals surface area contributed by atoms with E-state index in [1.165, 1.54) is 19.2 Å². The Hall–Kier alpha value is -3.42. The van der Waals surface area contributed by atoms with Gasteiger partial charge in [-0.05, 0) is 37.5 Å². The minimum atomic E-state index is -0.855. The number of benzene rings is 2. The van der Waals surface area contributed by atoms with Gasteiger partial charge in [0.2, 0.25) is 0 Å². The lowest BCUT2D eigenvalue weighted by atomic mass is 9.96. The van der Waals surface area contributed by atoms with Crippen LogP contribution in [0.5, 0.6) is 5.75 Å². The summed E-state index contributed by atoms with van der Waals surface area (Å²) in [5, 5.41) is 11.0. The van der Waals surface area contributed by atoms with Crippen LogP contribution < -0.4 is 9.64 Å². The van der Waals surface area contributed by atoms with E-state index in [9.17, 15) is 19.7 Å². The molecule has 3 rings (SSSR count). The minimum absolute atomic E-state index is 0.0200. The zero-order valence-electron chi connectivity index (χ0n) is 15.6. The number of hydrogen-bond donors (Lipinski definition) is 0. The number of amides is 1. The van der Waals surface area contributed by atoms with Crippen molar-refractivity contribution in [3.63, 3.8) is 0 Å². The molecule has 1 atom stereocenters. The molecule has 8 heteroatoms. The van der Waals surface area contributed by atoms with Crippen LogP contribution in [-0.2, 0) is 16.0 Å². The molecule has 0 aromatic heterocycles. The molecular weight excluding hydrogens is 364 g/mol. The topological polar surface area (TPSA) is 99.0 Å². The summed E-state index contributed by atoms with van der Waals surface area (Å²) in [4.78, 5) is 37.1. The molecule has 0 saturated heterocycles. The highest BCUT2D eigenvalue weighted by molar-refractivity contribution is 5.99. The molecule has 1 heterocycles. The van der Waals surface area contributed by atoms with Crippen LogP contribution in [0.2, 0.25) is 0 Å². The molecule has 28 heavy (non-hydrogen) atoms. The molecule has 0 aliphatic carbocycles. The van der Waals surface area contributed by atoms with Gasteiger partial charge in [-0.15, -0.1) is 0 Å². The lowest BCUT2D eigenvalue weighted by Crippen LogP contribution is -2.44. The first kappa shape index (κ1) is 19.3. The Bertz CT molecular complexity index is 927. The van der Waals surface area contributed by atoms with Crippen LogP contribution in [0.15, 0.2) is 42.5 Å². The van der Waals surface area contributed by atoms with E-state index in [2.05, 4.69) is 0 Å². The molecule has 0 bridgehead atoms. The fourth-order valence-electron chi connectivity index (χ4n) is 3.31. The number of rotatable bonds is 5. The molecule has 1 amide bonds. The number of nitro benzene ring substituents is 1. The van der Waals surface area contributed by atoms with E-state index in [-0.39, 0.29) is 28.9 Å². The number of nitrogens with zero attached hydrogens (tertiary/aromatic N) is 2. The first-order valence-corrected chi connectivity index (χ1v) is 8.82. The van der Waals surface area contributed by atoms with Crippen molar-refractivity contribution in [2.75, 3.05) is 18.6 Å². The van der Waals surface area contributed by atoms with Crippen molar-refractivity contribution < 1.29 is 24.0 Å². The Morgan fingerprint density at radius 3 is 2.71 bits per heavy atom. The quantitative estimate of drug-likeness (QED) is 0.446. The van der Waals surface area contributed by atoms with Crippen molar-refractivity contribution in [1.82, 2.24) is 0 Å². The Morgan fingerprint density at radius 2 is 2.00 bits per heavy atom. The zero-order chi connectivity index (χ0) is 20.3. The largest absolute Gasteiger partial charge is 0.496 e. The fourth-order valence-corrected chi connectivity index (χ4v) is 3.31.